The topological polar surface area (TPSA) is 105 Å². The van der Waals surface area contributed by atoms with Gasteiger partial charge in [0, 0.05) is 34.6 Å². The molecule has 2 heterocycles. The molecule has 0 unspecified atom stereocenters. The monoisotopic (exact) mass is 688 g/mol. The summed E-state index contributed by atoms with van der Waals surface area (Å²) in [6, 6.07) is 20.7. The van der Waals surface area contributed by atoms with Crippen molar-refractivity contribution in [3.63, 3.8) is 0 Å². The number of halogens is 2. The van der Waals surface area contributed by atoms with Gasteiger partial charge in [-0.1, -0.05) is 48.5 Å². The Bertz CT molecular complexity index is 913. The van der Waals surface area contributed by atoms with Crippen LogP contribution in [0.2, 0.25) is 0 Å². The zero-order valence-corrected chi connectivity index (χ0v) is 21.8. The van der Waals surface area contributed by atoms with Gasteiger partial charge in [0.15, 0.2) is 0 Å². The molecule has 0 atom stereocenters. The number of hydrogen-bond acceptors (Lipinski definition) is 4. The van der Waals surface area contributed by atoms with Gasteiger partial charge < -0.3 is 21.0 Å². The van der Waals surface area contributed by atoms with Gasteiger partial charge in [0.25, 0.3) is 0 Å². The van der Waals surface area contributed by atoms with E-state index >= 15 is 0 Å². The third kappa shape index (κ3) is 10.4. The van der Waals surface area contributed by atoms with Crippen LogP contribution in [-0.4, -0.2) is 9.97 Å². The summed E-state index contributed by atoms with van der Waals surface area (Å²) >= 11 is 6.33. The Labute approximate surface area is 190 Å². The van der Waals surface area contributed by atoms with E-state index < -0.39 is 0 Å². The second kappa shape index (κ2) is 17.0. The summed E-state index contributed by atoms with van der Waals surface area (Å²) in [7, 11) is 0. The molecule has 4 rings (SSSR count). The molecule has 0 saturated carbocycles. The molecular weight excluding hydrogens is 672 g/mol. The van der Waals surface area contributed by atoms with Gasteiger partial charge in [-0.3, -0.25) is 9.97 Å². The molecule has 0 spiro atoms. The molecule has 4 aromatic rings. The average molecular weight is 690 g/mol. The summed E-state index contributed by atoms with van der Waals surface area (Å²) < 4.78 is 0. The van der Waals surface area contributed by atoms with Crippen molar-refractivity contribution in [2.45, 2.75) is 13.8 Å². The summed E-state index contributed by atoms with van der Waals surface area (Å²) in [6.45, 7) is 4.01. The number of aromatic nitrogens is 2. The van der Waals surface area contributed by atoms with E-state index in [2.05, 4.69) is 73.0 Å². The van der Waals surface area contributed by atoms with Crippen molar-refractivity contribution in [2.75, 3.05) is 0 Å². The van der Waals surface area contributed by atoms with Crippen molar-refractivity contribution in [3.8, 4) is 0 Å². The largest absolute Gasteiger partial charge is 0.577 e. The molecule has 0 aliphatic heterocycles. The second-order valence-electron chi connectivity index (χ2n) is 5.40. The molecule has 0 aliphatic carbocycles. The molecule has 0 fully saturated rings. The van der Waals surface area contributed by atoms with Gasteiger partial charge in [-0.25, -0.2) is 0 Å². The van der Waals surface area contributed by atoms with Gasteiger partial charge in [0.1, 0.15) is 0 Å². The van der Waals surface area contributed by atoms with E-state index in [9.17, 15) is 0 Å². The molecule has 0 radical (unpaired) electrons. The summed E-state index contributed by atoms with van der Waals surface area (Å²) in [5.74, 6) is 0. The Morgan fingerprint density at radius 3 is 1.24 bits per heavy atom. The predicted octanol–water partition coefficient (Wildman–Crippen LogP) is 7.42. The minimum Gasteiger partial charge on any atom is -0.577 e. The number of benzene rings is 2. The molecular formula is C20H18Br2N4O2W-2. The molecule has 0 bridgehead atoms. The first-order chi connectivity index (χ1) is 14.1. The standard InChI is InChI=1S/2C10H9N.2BrH.2NO.W/c2*1-8-6-9-4-2-3-5-10(9)7-11-8;;;2*1-2;/h2*2-7H,1H3;2*1H;;;/q;;;;2*-1;+2/p-2. The van der Waals surface area contributed by atoms with E-state index in [1.807, 2.05) is 50.5 Å². The smallest absolute Gasteiger partial charge is 0.423 e. The van der Waals surface area contributed by atoms with E-state index in [-0.39, 0.29) is 14.5 Å². The van der Waals surface area contributed by atoms with Crippen LogP contribution in [0.1, 0.15) is 11.4 Å². The molecule has 0 aliphatic rings. The molecule has 29 heavy (non-hydrogen) atoms. The molecule has 6 nitrogen and oxygen atoms in total. The Balaban J connectivity index is 0.000000416. The summed E-state index contributed by atoms with van der Waals surface area (Å²) in [5, 5.41) is 4.94. The third-order valence-electron chi connectivity index (χ3n) is 3.54. The maximum Gasteiger partial charge on any atom is -0.423 e. The first-order valence-corrected chi connectivity index (χ1v) is 20.8. The van der Waals surface area contributed by atoms with Gasteiger partial charge in [-0.2, -0.15) is 0 Å². The minimum atomic E-state index is -0.125. The summed E-state index contributed by atoms with van der Waals surface area (Å²) in [5.41, 5.74) is 13.6. The number of rotatable bonds is 0. The Morgan fingerprint density at radius 1 is 0.655 bits per heavy atom. The van der Waals surface area contributed by atoms with E-state index in [1.165, 1.54) is 21.5 Å². The second-order valence-corrected chi connectivity index (χ2v) is 18.2. The minimum absolute atomic E-state index is 0.125. The maximum absolute atomic E-state index is 7.25. The fourth-order valence-corrected chi connectivity index (χ4v) is 2.39. The molecule has 2 aromatic heterocycles. The van der Waals surface area contributed by atoms with Crippen LogP contribution >= 0.6 is 26.6 Å². The number of fused-ring (bicyclic) bond motifs is 2. The van der Waals surface area contributed by atoms with Crippen LogP contribution in [0.3, 0.4) is 0 Å². The Hall–Kier alpha value is -1.89. The predicted molar refractivity (Wildman–Crippen MR) is 124 cm³/mol. The average Bonchev–Trinajstić information content (AvgIpc) is 2.77. The van der Waals surface area contributed by atoms with Crippen molar-refractivity contribution in [1.29, 1.82) is 0 Å². The van der Waals surface area contributed by atoms with Crippen LogP contribution in [0.4, 0.5) is 0 Å². The number of hydrogen-bond donors (Lipinski definition) is 0. The van der Waals surface area contributed by atoms with Crippen LogP contribution in [0, 0.1) is 23.7 Å². The quantitative estimate of drug-likeness (QED) is 0.192. The zero-order valence-electron chi connectivity index (χ0n) is 15.7. The molecule has 0 amide bonds. The van der Waals surface area contributed by atoms with Crippen LogP contribution in [0.5, 0.6) is 0 Å². The first kappa shape index (κ1) is 27.1. The summed E-state index contributed by atoms with van der Waals surface area (Å²) in [4.78, 5) is 22.9. The van der Waals surface area contributed by atoms with Crippen molar-refractivity contribution in [3.05, 3.63) is 105 Å². The number of nitrogens with zero attached hydrogens (tertiary/aromatic N) is 4. The van der Waals surface area contributed by atoms with Crippen molar-refractivity contribution in [2.24, 2.45) is 0 Å². The van der Waals surface area contributed by atoms with Gasteiger partial charge in [-0.05, 0) is 36.8 Å². The molecule has 0 saturated heterocycles. The van der Waals surface area contributed by atoms with Gasteiger partial charge >= 0.3 is 41.0 Å². The zero-order chi connectivity index (χ0) is 22.1. The fraction of sp³-hybridized carbons (Fsp3) is 0.100. The third-order valence-corrected chi connectivity index (χ3v) is 3.54. The Kier molecular flexibility index (Phi) is 15.9. The maximum atomic E-state index is 7.25. The van der Waals surface area contributed by atoms with E-state index in [1.54, 1.807) is 0 Å². The normalized spacial score (nSPS) is 8.69. The van der Waals surface area contributed by atoms with E-state index in [0.717, 1.165) is 11.4 Å². The van der Waals surface area contributed by atoms with Crippen LogP contribution in [-0.2, 0) is 14.5 Å². The number of pyridine rings is 2. The van der Waals surface area contributed by atoms with Crippen molar-refractivity contribution < 1.29 is 14.5 Å². The first-order valence-electron chi connectivity index (χ1n) is 8.02. The van der Waals surface area contributed by atoms with Crippen molar-refractivity contribution >= 4 is 48.1 Å². The number of nitroso groups, excluding NO2 is 2. The van der Waals surface area contributed by atoms with Crippen molar-refractivity contribution in [1.82, 2.24) is 9.97 Å². The Morgan fingerprint density at radius 2 is 0.931 bits per heavy atom. The fourth-order valence-electron chi connectivity index (χ4n) is 2.39. The molecule has 152 valence electrons. The SMILES string of the molecule is Cc1cc2ccccc2cn1.Cc1cc2ccccc2cn1.[Br][W][Br].[N-]=O.[N-]=O. The van der Waals surface area contributed by atoms with Crippen LogP contribution in [0.15, 0.2) is 73.1 Å². The van der Waals surface area contributed by atoms with Crippen LogP contribution in [0.25, 0.3) is 32.7 Å². The van der Waals surface area contributed by atoms with Gasteiger partial charge in [-0.15, -0.1) is 0 Å². The van der Waals surface area contributed by atoms with Gasteiger partial charge in [0.05, 0.1) is 0 Å². The summed E-state index contributed by atoms with van der Waals surface area (Å²) in [6.07, 6.45) is 3.81. The number of aryl methyl sites for hydroxylation is 2. The molecule has 2 aromatic carbocycles. The van der Waals surface area contributed by atoms with Gasteiger partial charge in [0.2, 0.25) is 0 Å². The molecule has 0 N–H and O–H groups in total. The van der Waals surface area contributed by atoms with Crippen LogP contribution < -0.4 is 0 Å². The molecule has 9 heteroatoms. The van der Waals surface area contributed by atoms with E-state index in [0.29, 0.717) is 0 Å². The van der Waals surface area contributed by atoms with E-state index in [4.69, 9.17) is 21.0 Å².